The van der Waals surface area contributed by atoms with Crippen LogP contribution in [0.25, 0.3) is 11.3 Å². The predicted octanol–water partition coefficient (Wildman–Crippen LogP) is 2.07. The summed E-state index contributed by atoms with van der Waals surface area (Å²) in [6, 6.07) is 7.14. The number of esters is 1. The molecule has 1 N–H and O–H groups in total. The Labute approximate surface area is 147 Å². The van der Waals surface area contributed by atoms with Gasteiger partial charge >= 0.3 is 5.97 Å². The monoisotopic (exact) mass is 361 g/mol. The van der Waals surface area contributed by atoms with Gasteiger partial charge in [0.15, 0.2) is 5.76 Å². The number of nitrogens with zero attached hydrogens (tertiary/aromatic N) is 3. The van der Waals surface area contributed by atoms with Gasteiger partial charge in [-0.05, 0) is 24.3 Å². The number of aromatic nitrogens is 3. The number of hydrogen-bond donors (Lipinski definition) is 1. The van der Waals surface area contributed by atoms with Crippen molar-refractivity contribution in [3.63, 3.8) is 0 Å². The first-order chi connectivity index (χ1) is 12.5. The number of ether oxygens (including phenoxy) is 2. The third-order valence-corrected chi connectivity index (χ3v) is 3.75. The lowest BCUT2D eigenvalue weighted by Gasteiger charge is -2.04. The second-order valence-corrected chi connectivity index (χ2v) is 5.37. The first kappa shape index (κ1) is 17.6. The SMILES string of the molecule is COC(=O)c1cc(OCc2c(-c3ccc(F)cc3)noc2CO)nn1C. The Morgan fingerprint density at radius 2 is 2.08 bits per heavy atom. The van der Waals surface area contributed by atoms with Crippen LogP contribution in [0.4, 0.5) is 4.39 Å². The summed E-state index contributed by atoms with van der Waals surface area (Å²) >= 11 is 0. The Hall–Kier alpha value is -3.20. The van der Waals surface area contributed by atoms with E-state index in [0.29, 0.717) is 16.8 Å². The second kappa shape index (κ2) is 7.36. The molecule has 0 radical (unpaired) electrons. The molecule has 0 aliphatic rings. The quantitative estimate of drug-likeness (QED) is 0.671. The number of aliphatic hydroxyl groups is 1. The smallest absolute Gasteiger partial charge is 0.356 e. The van der Waals surface area contributed by atoms with E-state index in [1.165, 1.54) is 30.0 Å². The Kier molecular flexibility index (Phi) is 4.99. The van der Waals surface area contributed by atoms with Crippen molar-refractivity contribution in [2.24, 2.45) is 7.05 Å². The van der Waals surface area contributed by atoms with Crippen LogP contribution in [-0.4, -0.2) is 33.1 Å². The van der Waals surface area contributed by atoms with Crippen LogP contribution in [0.1, 0.15) is 21.8 Å². The van der Waals surface area contributed by atoms with Crippen molar-refractivity contribution >= 4 is 5.97 Å². The standard InChI is InChI=1S/C17H16FN3O5/c1-21-13(17(23)24-2)7-15(19-21)25-9-12-14(8-22)26-20-16(12)10-3-5-11(18)6-4-10/h3-7,22H,8-9H2,1-2H3. The molecule has 8 nitrogen and oxygen atoms in total. The summed E-state index contributed by atoms with van der Waals surface area (Å²) in [5, 5.41) is 17.4. The van der Waals surface area contributed by atoms with E-state index < -0.39 is 5.97 Å². The molecule has 1 aromatic carbocycles. The number of carbonyl (C=O) groups is 1. The average Bonchev–Trinajstić information content (AvgIpc) is 3.23. The van der Waals surface area contributed by atoms with E-state index in [1.807, 2.05) is 0 Å². The molecule has 2 heterocycles. The zero-order chi connectivity index (χ0) is 18.7. The summed E-state index contributed by atoms with van der Waals surface area (Å²) in [5.41, 5.74) is 1.78. The van der Waals surface area contributed by atoms with Gasteiger partial charge in [0, 0.05) is 18.7 Å². The van der Waals surface area contributed by atoms with Gasteiger partial charge in [0.25, 0.3) is 0 Å². The van der Waals surface area contributed by atoms with Crippen LogP contribution >= 0.6 is 0 Å². The van der Waals surface area contributed by atoms with Crippen LogP contribution in [0.15, 0.2) is 34.9 Å². The van der Waals surface area contributed by atoms with Gasteiger partial charge in [0.1, 0.15) is 30.4 Å². The molecule has 9 heteroatoms. The molecule has 0 aliphatic carbocycles. The van der Waals surface area contributed by atoms with Crippen LogP contribution in [0.5, 0.6) is 5.88 Å². The van der Waals surface area contributed by atoms with E-state index in [1.54, 1.807) is 19.2 Å². The van der Waals surface area contributed by atoms with Gasteiger partial charge in [-0.3, -0.25) is 4.68 Å². The first-order valence-electron chi connectivity index (χ1n) is 7.63. The van der Waals surface area contributed by atoms with Gasteiger partial charge in [0.05, 0.1) is 12.7 Å². The molecule has 3 rings (SSSR count). The minimum Gasteiger partial charge on any atom is -0.471 e. The number of carbonyl (C=O) groups excluding carboxylic acids is 1. The molecular formula is C17H16FN3O5. The third kappa shape index (κ3) is 3.42. The van der Waals surface area contributed by atoms with Crippen molar-refractivity contribution in [3.05, 3.63) is 53.2 Å². The van der Waals surface area contributed by atoms with E-state index in [-0.39, 0.29) is 36.4 Å². The van der Waals surface area contributed by atoms with Crippen LogP contribution in [0.2, 0.25) is 0 Å². The molecule has 0 spiro atoms. The minimum atomic E-state index is -0.539. The van der Waals surface area contributed by atoms with Gasteiger partial charge in [-0.15, -0.1) is 5.10 Å². The lowest BCUT2D eigenvalue weighted by molar-refractivity contribution is 0.0588. The highest BCUT2D eigenvalue weighted by atomic mass is 19.1. The van der Waals surface area contributed by atoms with E-state index in [9.17, 15) is 14.3 Å². The van der Waals surface area contributed by atoms with Gasteiger partial charge in [0.2, 0.25) is 5.88 Å². The maximum absolute atomic E-state index is 13.1. The molecule has 0 unspecified atom stereocenters. The van der Waals surface area contributed by atoms with Crippen molar-refractivity contribution in [2.45, 2.75) is 13.2 Å². The van der Waals surface area contributed by atoms with E-state index in [4.69, 9.17) is 9.26 Å². The fourth-order valence-electron chi connectivity index (χ4n) is 2.40. The maximum Gasteiger partial charge on any atom is 0.356 e. The molecule has 0 bridgehead atoms. The summed E-state index contributed by atoms with van der Waals surface area (Å²) in [7, 11) is 2.86. The van der Waals surface area contributed by atoms with Crippen LogP contribution in [-0.2, 0) is 25.0 Å². The highest BCUT2D eigenvalue weighted by molar-refractivity contribution is 5.87. The highest BCUT2D eigenvalue weighted by Crippen LogP contribution is 2.27. The van der Waals surface area contributed by atoms with Crippen molar-refractivity contribution in [3.8, 4) is 17.1 Å². The van der Waals surface area contributed by atoms with Crippen molar-refractivity contribution < 1.29 is 28.3 Å². The largest absolute Gasteiger partial charge is 0.471 e. The molecule has 0 amide bonds. The number of methoxy groups -OCH3 is 1. The second-order valence-electron chi connectivity index (χ2n) is 5.37. The van der Waals surface area contributed by atoms with E-state index in [2.05, 4.69) is 15.0 Å². The average molecular weight is 361 g/mol. The molecular weight excluding hydrogens is 345 g/mol. The molecule has 0 atom stereocenters. The number of benzene rings is 1. The summed E-state index contributed by atoms with van der Waals surface area (Å²) in [6.45, 7) is -0.383. The van der Waals surface area contributed by atoms with Crippen molar-refractivity contribution in [1.29, 1.82) is 0 Å². The van der Waals surface area contributed by atoms with Gasteiger partial charge in [-0.2, -0.15) is 0 Å². The Morgan fingerprint density at radius 1 is 1.35 bits per heavy atom. The summed E-state index contributed by atoms with van der Waals surface area (Å²) in [5.74, 6) is -0.486. The molecule has 26 heavy (non-hydrogen) atoms. The lowest BCUT2D eigenvalue weighted by Crippen LogP contribution is -2.07. The summed E-state index contributed by atoms with van der Waals surface area (Å²) < 4.78 is 29.9. The van der Waals surface area contributed by atoms with Crippen molar-refractivity contribution in [1.82, 2.24) is 14.9 Å². The Morgan fingerprint density at radius 3 is 2.73 bits per heavy atom. The summed E-state index contributed by atoms with van der Waals surface area (Å²) in [4.78, 5) is 11.6. The fourth-order valence-corrected chi connectivity index (χ4v) is 2.40. The molecule has 0 saturated carbocycles. The Bertz CT molecular complexity index is 917. The van der Waals surface area contributed by atoms with Gasteiger partial charge < -0.3 is 19.1 Å². The van der Waals surface area contributed by atoms with Gasteiger partial charge in [-0.1, -0.05) is 5.16 Å². The van der Waals surface area contributed by atoms with E-state index in [0.717, 1.165) is 0 Å². The molecule has 136 valence electrons. The normalized spacial score (nSPS) is 10.8. The molecule has 2 aromatic heterocycles. The minimum absolute atomic E-state index is 0.0102. The zero-order valence-electron chi connectivity index (χ0n) is 14.1. The lowest BCUT2D eigenvalue weighted by atomic mass is 10.1. The fraction of sp³-hybridized carbons (Fsp3) is 0.235. The number of aryl methyl sites for hydroxylation is 1. The highest BCUT2D eigenvalue weighted by Gasteiger charge is 2.19. The molecule has 0 saturated heterocycles. The molecule has 0 aliphatic heterocycles. The molecule has 3 aromatic rings. The van der Waals surface area contributed by atoms with Crippen molar-refractivity contribution in [2.75, 3.05) is 7.11 Å². The van der Waals surface area contributed by atoms with Crippen LogP contribution in [0.3, 0.4) is 0 Å². The van der Waals surface area contributed by atoms with Crippen LogP contribution in [0, 0.1) is 5.82 Å². The first-order valence-corrected chi connectivity index (χ1v) is 7.63. The topological polar surface area (TPSA) is 99.6 Å². The number of aliphatic hydroxyl groups excluding tert-OH is 1. The van der Waals surface area contributed by atoms with E-state index >= 15 is 0 Å². The number of hydrogen-bond acceptors (Lipinski definition) is 7. The maximum atomic E-state index is 13.1. The zero-order valence-corrected chi connectivity index (χ0v) is 14.1. The number of halogens is 1. The van der Waals surface area contributed by atoms with Gasteiger partial charge in [-0.25, -0.2) is 9.18 Å². The predicted molar refractivity (Wildman–Crippen MR) is 86.7 cm³/mol. The molecule has 0 fully saturated rings. The van der Waals surface area contributed by atoms with Crippen LogP contribution < -0.4 is 4.74 Å². The Balaban J connectivity index is 1.85. The summed E-state index contributed by atoms with van der Waals surface area (Å²) in [6.07, 6.45) is 0. The number of rotatable bonds is 6. The third-order valence-electron chi connectivity index (χ3n) is 3.75.